The molecule has 0 amide bonds. The first-order chi connectivity index (χ1) is 5.79. The minimum atomic E-state index is -0.101. The fourth-order valence-corrected chi connectivity index (χ4v) is 2.26. The molecule has 12 heavy (non-hydrogen) atoms. The van der Waals surface area contributed by atoms with Crippen molar-refractivity contribution in [3.05, 3.63) is 0 Å². The number of hydrogen-bond acceptors (Lipinski definition) is 3. The zero-order valence-corrected chi connectivity index (χ0v) is 7.29. The van der Waals surface area contributed by atoms with Gasteiger partial charge in [0.2, 0.25) is 0 Å². The van der Waals surface area contributed by atoms with Gasteiger partial charge in [-0.3, -0.25) is 4.79 Å². The average molecular weight is 170 g/mol. The number of carbonyl (C=O) groups is 1. The SMILES string of the molecule is COC(=O)CC1C[C@@H]2CC[C@H]1O2. The number of rotatable bonds is 2. The van der Waals surface area contributed by atoms with Gasteiger partial charge < -0.3 is 9.47 Å². The molecule has 68 valence electrons. The van der Waals surface area contributed by atoms with Gasteiger partial charge in [-0.2, -0.15) is 0 Å². The van der Waals surface area contributed by atoms with Crippen LogP contribution in [0.25, 0.3) is 0 Å². The zero-order valence-electron chi connectivity index (χ0n) is 7.29. The molecule has 2 bridgehead atoms. The molecule has 2 aliphatic heterocycles. The van der Waals surface area contributed by atoms with Crippen molar-refractivity contribution in [1.82, 2.24) is 0 Å². The predicted molar refractivity (Wildman–Crippen MR) is 42.6 cm³/mol. The highest BCUT2D eigenvalue weighted by Gasteiger charge is 2.41. The molecule has 0 aromatic heterocycles. The number of fused-ring (bicyclic) bond motifs is 2. The maximum Gasteiger partial charge on any atom is 0.305 e. The highest BCUT2D eigenvalue weighted by atomic mass is 16.5. The highest BCUT2D eigenvalue weighted by molar-refractivity contribution is 5.69. The molecule has 3 nitrogen and oxygen atoms in total. The van der Waals surface area contributed by atoms with E-state index in [1.807, 2.05) is 0 Å². The fourth-order valence-electron chi connectivity index (χ4n) is 2.26. The molecule has 0 aromatic carbocycles. The van der Waals surface area contributed by atoms with Crippen molar-refractivity contribution in [3.8, 4) is 0 Å². The minimum absolute atomic E-state index is 0.101. The Morgan fingerprint density at radius 1 is 1.58 bits per heavy atom. The molecule has 3 heteroatoms. The lowest BCUT2D eigenvalue weighted by Gasteiger charge is -2.16. The Morgan fingerprint density at radius 3 is 2.92 bits per heavy atom. The van der Waals surface area contributed by atoms with Crippen molar-refractivity contribution < 1.29 is 14.3 Å². The summed E-state index contributed by atoms with van der Waals surface area (Å²) in [6.45, 7) is 0. The van der Waals surface area contributed by atoms with Gasteiger partial charge in [-0.1, -0.05) is 0 Å². The molecule has 1 unspecified atom stereocenters. The maximum atomic E-state index is 11.0. The first-order valence-electron chi connectivity index (χ1n) is 4.52. The van der Waals surface area contributed by atoms with Crippen molar-refractivity contribution in [1.29, 1.82) is 0 Å². The van der Waals surface area contributed by atoms with E-state index in [1.54, 1.807) is 0 Å². The van der Waals surface area contributed by atoms with Gasteiger partial charge >= 0.3 is 5.97 Å². The van der Waals surface area contributed by atoms with Crippen molar-refractivity contribution in [2.75, 3.05) is 7.11 Å². The van der Waals surface area contributed by atoms with Gasteiger partial charge in [-0.15, -0.1) is 0 Å². The van der Waals surface area contributed by atoms with Crippen molar-refractivity contribution >= 4 is 5.97 Å². The first-order valence-corrected chi connectivity index (χ1v) is 4.52. The summed E-state index contributed by atoms with van der Waals surface area (Å²) in [7, 11) is 1.44. The molecule has 0 aromatic rings. The van der Waals surface area contributed by atoms with Gasteiger partial charge in [0.05, 0.1) is 25.7 Å². The standard InChI is InChI=1S/C9H14O3/c1-11-9(10)5-6-4-7-2-3-8(6)12-7/h6-8H,2-5H2,1H3/t6?,7-,8+/m0/s1. The maximum absolute atomic E-state index is 11.0. The van der Waals surface area contributed by atoms with Gasteiger partial charge in [-0.05, 0) is 25.2 Å². The molecule has 2 fully saturated rings. The van der Waals surface area contributed by atoms with Crippen LogP contribution < -0.4 is 0 Å². The third-order valence-electron chi connectivity index (χ3n) is 2.89. The molecule has 0 N–H and O–H groups in total. The van der Waals surface area contributed by atoms with Crippen molar-refractivity contribution in [2.45, 2.75) is 37.9 Å². The molecule has 2 aliphatic rings. The Balaban J connectivity index is 1.86. The topological polar surface area (TPSA) is 35.5 Å². The number of esters is 1. The van der Waals surface area contributed by atoms with Gasteiger partial charge in [0.15, 0.2) is 0 Å². The number of ether oxygens (including phenoxy) is 2. The predicted octanol–water partition coefficient (Wildman–Crippen LogP) is 1.12. The molecular weight excluding hydrogens is 156 g/mol. The van der Waals surface area contributed by atoms with Crippen LogP contribution in [0.4, 0.5) is 0 Å². The summed E-state index contributed by atoms with van der Waals surface area (Å²) in [6, 6.07) is 0. The second kappa shape index (κ2) is 3.05. The second-order valence-electron chi connectivity index (χ2n) is 3.65. The summed E-state index contributed by atoms with van der Waals surface area (Å²) < 4.78 is 10.2. The summed E-state index contributed by atoms with van der Waals surface area (Å²) in [5, 5.41) is 0. The van der Waals surface area contributed by atoms with E-state index < -0.39 is 0 Å². The summed E-state index contributed by atoms with van der Waals surface area (Å²) >= 11 is 0. The highest BCUT2D eigenvalue weighted by Crippen LogP contribution is 2.40. The fraction of sp³-hybridized carbons (Fsp3) is 0.889. The normalized spacial score (nSPS) is 38.6. The van der Waals surface area contributed by atoms with E-state index in [4.69, 9.17) is 4.74 Å². The Labute approximate surface area is 72.0 Å². The van der Waals surface area contributed by atoms with E-state index in [1.165, 1.54) is 13.5 Å². The van der Waals surface area contributed by atoms with Crippen molar-refractivity contribution in [3.63, 3.8) is 0 Å². The Kier molecular flexibility index (Phi) is 2.05. The molecule has 0 spiro atoms. The third kappa shape index (κ3) is 1.33. The summed E-state index contributed by atoms with van der Waals surface area (Å²) in [5.41, 5.74) is 0. The van der Waals surface area contributed by atoms with Crippen LogP contribution >= 0.6 is 0 Å². The largest absolute Gasteiger partial charge is 0.469 e. The molecule has 0 saturated carbocycles. The van der Waals surface area contributed by atoms with E-state index in [9.17, 15) is 4.79 Å². The lowest BCUT2D eigenvalue weighted by atomic mass is 9.87. The van der Waals surface area contributed by atoms with Crippen LogP contribution in [0.2, 0.25) is 0 Å². The second-order valence-corrected chi connectivity index (χ2v) is 3.65. The lowest BCUT2D eigenvalue weighted by molar-refractivity contribution is -0.142. The van der Waals surface area contributed by atoms with Crippen LogP contribution in [-0.4, -0.2) is 25.3 Å². The van der Waals surface area contributed by atoms with Gasteiger partial charge in [-0.25, -0.2) is 0 Å². The van der Waals surface area contributed by atoms with Crippen LogP contribution in [0.5, 0.6) is 0 Å². The third-order valence-corrected chi connectivity index (χ3v) is 2.89. The van der Waals surface area contributed by atoms with E-state index in [2.05, 4.69) is 4.74 Å². The minimum Gasteiger partial charge on any atom is -0.469 e. The summed E-state index contributed by atoms with van der Waals surface area (Å²) in [5.74, 6) is 0.326. The van der Waals surface area contributed by atoms with Crippen molar-refractivity contribution in [2.24, 2.45) is 5.92 Å². The molecule has 2 saturated heterocycles. The molecule has 3 atom stereocenters. The Bertz CT molecular complexity index is 190. The Morgan fingerprint density at radius 2 is 2.42 bits per heavy atom. The van der Waals surface area contributed by atoms with Gasteiger partial charge in [0.1, 0.15) is 0 Å². The molecular formula is C9H14O3. The number of hydrogen-bond donors (Lipinski definition) is 0. The van der Waals surface area contributed by atoms with Crippen LogP contribution in [0.15, 0.2) is 0 Å². The molecule has 0 radical (unpaired) electrons. The average Bonchev–Trinajstić information content (AvgIpc) is 2.64. The van der Waals surface area contributed by atoms with E-state index in [0.717, 1.165) is 12.8 Å². The van der Waals surface area contributed by atoms with E-state index in [-0.39, 0.29) is 5.97 Å². The monoisotopic (exact) mass is 170 g/mol. The first kappa shape index (κ1) is 8.05. The summed E-state index contributed by atoms with van der Waals surface area (Å²) in [4.78, 5) is 11.0. The lowest BCUT2D eigenvalue weighted by Crippen LogP contribution is -2.20. The number of carbonyl (C=O) groups excluding carboxylic acids is 1. The van der Waals surface area contributed by atoms with E-state index in [0.29, 0.717) is 24.5 Å². The smallest absolute Gasteiger partial charge is 0.305 e. The molecule has 2 heterocycles. The molecule has 0 aliphatic carbocycles. The van der Waals surface area contributed by atoms with Gasteiger partial charge in [0, 0.05) is 0 Å². The van der Waals surface area contributed by atoms with Crippen LogP contribution in [-0.2, 0) is 14.3 Å². The van der Waals surface area contributed by atoms with E-state index >= 15 is 0 Å². The quantitative estimate of drug-likeness (QED) is 0.582. The number of methoxy groups -OCH3 is 1. The molecule has 2 rings (SSSR count). The van der Waals surface area contributed by atoms with Gasteiger partial charge in [0.25, 0.3) is 0 Å². The summed E-state index contributed by atoms with van der Waals surface area (Å²) in [6.07, 6.45) is 4.69. The van der Waals surface area contributed by atoms with Crippen LogP contribution in [0.3, 0.4) is 0 Å². The zero-order chi connectivity index (χ0) is 8.55. The van der Waals surface area contributed by atoms with Crippen LogP contribution in [0.1, 0.15) is 25.7 Å². The van der Waals surface area contributed by atoms with Crippen LogP contribution in [0, 0.1) is 5.92 Å². The Hall–Kier alpha value is -0.570.